The minimum absolute atomic E-state index is 0.0701. The molecule has 0 unspecified atom stereocenters. The topological polar surface area (TPSA) is 243 Å². The minimum Gasteiger partial charge on any atom is -0.444 e. The van der Waals surface area contributed by atoms with Crippen molar-refractivity contribution in [3.05, 3.63) is 5.53 Å². The summed E-state index contributed by atoms with van der Waals surface area (Å²) in [5.74, 6) is 1.82. The van der Waals surface area contributed by atoms with Gasteiger partial charge >= 0.3 is 31.3 Å². The molecule has 0 aromatic carbocycles. The van der Waals surface area contributed by atoms with Crippen LogP contribution in [-0.2, 0) is 51.6 Å². The van der Waals surface area contributed by atoms with E-state index in [0.29, 0.717) is 58.8 Å². The zero-order valence-corrected chi connectivity index (χ0v) is 36.2. The fourth-order valence-corrected chi connectivity index (χ4v) is 5.37. The second kappa shape index (κ2) is 24.8. The number of aliphatic hydroxyl groups excluding tert-OH is 1. The summed E-state index contributed by atoms with van der Waals surface area (Å²) in [5, 5.41) is 8.92. The first kappa shape index (κ1) is 53.1. The van der Waals surface area contributed by atoms with Gasteiger partial charge in [-0.2, -0.15) is 4.79 Å². The first-order valence-electron chi connectivity index (χ1n) is 18.0. The summed E-state index contributed by atoms with van der Waals surface area (Å²) in [5.41, 5.74) is 6.26. The zero-order valence-electron chi connectivity index (χ0n) is 35.3. The van der Waals surface area contributed by atoms with E-state index in [4.69, 9.17) is 45.5 Å². The molecule has 3 aliphatic heterocycles. The molecule has 20 nitrogen and oxygen atoms in total. The van der Waals surface area contributed by atoms with Crippen molar-refractivity contribution in [1.82, 2.24) is 14.7 Å². The highest BCUT2D eigenvalue weighted by Gasteiger charge is 2.41. The van der Waals surface area contributed by atoms with Crippen LogP contribution in [0.4, 0.5) is 14.4 Å². The highest BCUT2D eigenvalue weighted by Crippen LogP contribution is 2.47. The summed E-state index contributed by atoms with van der Waals surface area (Å²) in [6.45, 7) is 21.3. The van der Waals surface area contributed by atoms with Gasteiger partial charge in [-0.15, -0.1) is 6.42 Å². The van der Waals surface area contributed by atoms with Gasteiger partial charge in [0.15, 0.2) is 6.29 Å². The van der Waals surface area contributed by atoms with Crippen molar-refractivity contribution in [2.45, 2.75) is 104 Å². The van der Waals surface area contributed by atoms with Gasteiger partial charge in [-0.05, 0) is 62.3 Å². The predicted octanol–water partition coefficient (Wildman–Crippen LogP) is 3.38. The minimum atomic E-state index is -3.70. The van der Waals surface area contributed by atoms with Gasteiger partial charge in [0, 0.05) is 40.8 Å². The maximum absolute atomic E-state index is 11.7. The molecule has 57 heavy (non-hydrogen) atoms. The second-order valence-corrected chi connectivity index (χ2v) is 17.5. The van der Waals surface area contributed by atoms with Crippen LogP contribution in [0.1, 0.15) is 69.2 Å². The Bertz CT molecular complexity index is 1450. The van der Waals surface area contributed by atoms with Crippen LogP contribution in [0.25, 0.3) is 5.53 Å². The zero-order chi connectivity index (χ0) is 44.2. The van der Waals surface area contributed by atoms with Crippen LogP contribution in [0.2, 0.25) is 0 Å². The van der Waals surface area contributed by atoms with Crippen molar-refractivity contribution >= 4 is 43.4 Å². The van der Waals surface area contributed by atoms with Crippen molar-refractivity contribution < 1.29 is 75.9 Å². The first-order valence-corrected chi connectivity index (χ1v) is 19.6. The number of ether oxygens (including phenoxy) is 6. The molecule has 0 aromatic heterocycles. The maximum atomic E-state index is 11.7. The number of nitrogens with zero attached hydrogens (tertiary/aromatic N) is 5. The van der Waals surface area contributed by atoms with Crippen LogP contribution in [0.15, 0.2) is 0 Å². The molecule has 0 bridgehead atoms. The summed E-state index contributed by atoms with van der Waals surface area (Å²) in [6, 6.07) is 0. The number of aliphatic hydroxyl groups is 1. The van der Waals surface area contributed by atoms with Gasteiger partial charge in [0.25, 0.3) is 0 Å². The van der Waals surface area contributed by atoms with E-state index >= 15 is 0 Å². The lowest BCUT2D eigenvalue weighted by Crippen LogP contribution is -2.48. The van der Waals surface area contributed by atoms with E-state index < -0.39 is 47.8 Å². The third-order valence-corrected chi connectivity index (χ3v) is 8.83. The normalized spacial score (nSPS) is 19.9. The number of ketones is 1. The van der Waals surface area contributed by atoms with Crippen LogP contribution in [0, 0.1) is 12.3 Å². The van der Waals surface area contributed by atoms with E-state index in [1.807, 2.05) is 62.3 Å². The lowest BCUT2D eigenvalue weighted by Gasteiger charge is -2.33. The van der Waals surface area contributed by atoms with E-state index in [1.54, 1.807) is 9.80 Å². The fraction of sp³-hybridized carbons (Fsp3) is 0.778. The summed E-state index contributed by atoms with van der Waals surface area (Å²) in [4.78, 5) is 63.3. The highest BCUT2D eigenvalue weighted by molar-refractivity contribution is 7.74. The number of Topliss-reactive ketones (excluding diaryl/α,β-unsaturated/α-hetero) is 1. The van der Waals surface area contributed by atoms with Gasteiger partial charge in [0.05, 0.1) is 52.2 Å². The largest absolute Gasteiger partial charge is 0.446 e. The molecular formula is C36H62N5O15P. The molecule has 0 spiro atoms. The molecule has 0 saturated carbocycles. The summed E-state index contributed by atoms with van der Waals surface area (Å²) >= 11 is 0. The molecule has 0 aliphatic carbocycles. The Morgan fingerprint density at radius 3 is 1.53 bits per heavy atom. The Kier molecular flexibility index (Phi) is 23.1. The van der Waals surface area contributed by atoms with E-state index in [9.17, 15) is 28.5 Å². The van der Waals surface area contributed by atoms with E-state index in [2.05, 4.69) is 19.8 Å². The molecule has 3 aliphatic rings. The maximum Gasteiger partial charge on any atom is 0.446 e. The van der Waals surface area contributed by atoms with Crippen molar-refractivity contribution in [3.8, 4) is 12.3 Å². The number of rotatable bonds is 6. The van der Waals surface area contributed by atoms with Crippen LogP contribution in [-0.4, -0.2) is 175 Å². The van der Waals surface area contributed by atoms with E-state index in [1.165, 1.54) is 4.90 Å². The molecule has 3 amide bonds. The number of carbonyl (C=O) groups is 5. The highest BCUT2D eigenvalue weighted by atomic mass is 31.2. The van der Waals surface area contributed by atoms with Gasteiger partial charge < -0.3 is 67.6 Å². The molecule has 3 fully saturated rings. The van der Waals surface area contributed by atoms with Gasteiger partial charge in [0.1, 0.15) is 29.0 Å². The quantitative estimate of drug-likeness (QED) is 0.0767. The molecule has 0 aromatic rings. The molecule has 1 N–H and O–H groups in total. The van der Waals surface area contributed by atoms with Crippen molar-refractivity contribution in [1.29, 1.82) is 0 Å². The number of hydrogen-bond acceptors (Lipinski definition) is 15. The van der Waals surface area contributed by atoms with Gasteiger partial charge in [0.2, 0.25) is 5.78 Å². The van der Waals surface area contributed by atoms with Crippen molar-refractivity contribution in [2.75, 3.05) is 79.9 Å². The van der Waals surface area contributed by atoms with Crippen LogP contribution < -0.4 is 0 Å². The lowest BCUT2D eigenvalue weighted by molar-refractivity contribution is -0.123. The van der Waals surface area contributed by atoms with Gasteiger partial charge in [-0.25, -0.2) is 18.9 Å². The average molecular weight is 836 g/mol. The number of aldehydes is 1. The van der Waals surface area contributed by atoms with Crippen LogP contribution in [0.3, 0.4) is 0 Å². The molecule has 21 heteroatoms. The number of morpholine rings is 3. The molecule has 3 heterocycles. The Labute approximate surface area is 335 Å². The predicted molar refractivity (Wildman–Crippen MR) is 206 cm³/mol. The second-order valence-electron chi connectivity index (χ2n) is 15.4. The Balaban J connectivity index is 0.000000737. The summed E-state index contributed by atoms with van der Waals surface area (Å²) in [6.07, 6.45) is 3.76. The average Bonchev–Trinajstić information content (AvgIpc) is 3.13. The first-order chi connectivity index (χ1) is 26.3. The Hall–Kier alpha value is -3.92. The Morgan fingerprint density at radius 2 is 1.19 bits per heavy atom. The van der Waals surface area contributed by atoms with Crippen LogP contribution >= 0.6 is 7.60 Å². The summed E-state index contributed by atoms with van der Waals surface area (Å²) < 4.78 is 51.5. The lowest BCUT2D eigenvalue weighted by atomic mass is 10.2. The number of carbonyl (C=O) groups excluding carboxylic acids is 5. The summed E-state index contributed by atoms with van der Waals surface area (Å²) in [7, 11) is -1.51. The molecule has 326 valence electrons. The van der Waals surface area contributed by atoms with Crippen molar-refractivity contribution in [3.63, 3.8) is 0 Å². The van der Waals surface area contributed by atoms with Gasteiger partial charge in [-0.1, -0.05) is 5.92 Å². The standard InChI is InChI=1S/C11H17NO3.C10H19NO4.C10H17NO4.C5H9N2O4P/c1-5-9-8-12(6-7-14-9)10(13)15-11(2,3)4;2*1-10(2,3)15-9(13)11-4-5-14-8(6-11)7-12;1-4(8)5(7-6)12(9,10-2)11-3/h1,9H,6-8H2,2-4H3;8,12H,4-7H2,1-3H3;7-8H,4-6H2,1-3H3;1-3H3/t9-;2*8-;/m011./s1. The Morgan fingerprint density at radius 1 is 0.789 bits per heavy atom. The number of terminal acetylenes is 1. The van der Waals surface area contributed by atoms with E-state index in [0.717, 1.165) is 21.1 Å². The van der Waals surface area contributed by atoms with E-state index in [-0.39, 0.29) is 37.5 Å². The SMILES string of the molecule is C#C[C@H]1CN(C(=O)OC(C)(C)C)CCO1.CC(C)(C)OC(=O)N1CCO[C@@H](C=O)C1.CC(C)(C)OC(=O)N1CCO[C@@H](CO)C1.COP(=O)(OC)C(=[N+]=[N-])C(C)=O. The molecule has 3 saturated heterocycles. The third kappa shape index (κ3) is 22.0. The smallest absolute Gasteiger partial charge is 0.444 e. The van der Waals surface area contributed by atoms with Crippen molar-refractivity contribution in [2.24, 2.45) is 0 Å². The fourth-order valence-electron chi connectivity index (χ4n) is 4.38. The monoisotopic (exact) mass is 835 g/mol. The molecule has 3 rings (SSSR count). The molecular weight excluding hydrogens is 773 g/mol. The third-order valence-electron chi connectivity index (χ3n) is 6.94. The van der Waals surface area contributed by atoms with Gasteiger partial charge in [-0.3, -0.25) is 4.79 Å². The number of hydrogen-bond donors (Lipinski definition) is 1. The number of amides is 3. The molecule has 3 atom stereocenters. The van der Waals surface area contributed by atoms with Crippen LogP contribution in [0.5, 0.6) is 0 Å². The molecule has 0 radical (unpaired) electrons.